The van der Waals surface area contributed by atoms with Gasteiger partial charge in [0.1, 0.15) is 5.82 Å². The van der Waals surface area contributed by atoms with Crippen molar-refractivity contribution in [1.82, 2.24) is 4.98 Å². The summed E-state index contributed by atoms with van der Waals surface area (Å²) in [6.45, 7) is 4.19. The van der Waals surface area contributed by atoms with Gasteiger partial charge in [0.2, 0.25) is 0 Å². The van der Waals surface area contributed by atoms with Gasteiger partial charge in [0.05, 0.1) is 5.56 Å². The third-order valence-electron chi connectivity index (χ3n) is 3.71. The van der Waals surface area contributed by atoms with Crippen molar-refractivity contribution in [3.05, 3.63) is 23.4 Å². The van der Waals surface area contributed by atoms with Gasteiger partial charge in [0.15, 0.2) is 5.78 Å². The number of pyridine rings is 1. The van der Waals surface area contributed by atoms with Gasteiger partial charge >= 0.3 is 0 Å². The average Bonchev–Trinajstić information content (AvgIpc) is 2.32. The number of nitrogens with zero attached hydrogens (tertiary/aromatic N) is 1. The largest absolute Gasteiger partial charge is 0.383 e. The van der Waals surface area contributed by atoms with Gasteiger partial charge in [-0.2, -0.15) is 0 Å². The van der Waals surface area contributed by atoms with E-state index in [9.17, 15) is 4.79 Å². The van der Waals surface area contributed by atoms with Gasteiger partial charge in [0.25, 0.3) is 0 Å². The molecule has 1 fully saturated rings. The number of hydrogen-bond acceptors (Lipinski definition) is 3. The molecule has 1 aliphatic rings. The predicted octanol–water partition coefficient (Wildman–Crippen LogP) is 2.98. The van der Waals surface area contributed by atoms with Crippen molar-refractivity contribution in [1.29, 1.82) is 0 Å². The van der Waals surface area contributed by atoms with Crippen molar-refractivity contribution >= 4 is 11.6 Å². The molecule has 92 valence electrons. The molecule has 2 rings (SSSR count). The van der Waals surface area contributed by atoms with Crippen LogP contribution in [0.4, 0.5) is 5.82 Å². The fraction of sp³-hybridized carbons (Fsp3) is 0.571. The Bertz CT molecular complexity index is 420. The highest BCUT2D eigenvalue weighted by molar-refractivity contribution is 6.01. The van der Waals surface area contributed by atoms with Gasteiger partial charge in [-0.1, -0.05) is 19.8 Å². The van der Waals surface area contributed by atoms with Gasteiger partial charge < -0.3 is 5.73 Å². The van der Waals surface area contributed by atoms with Crippen LogP contribution in [0.15, 0.2) is 12.3 Å². The molecule has 17 heavy (non-hydrogen) atoms. The summed E-state index contributed by atoms with van der Waals surface area (Å²) in [7, 11) is 0. The molecule has 3 nitrogen and oxygen atoms in total. The Morgan fingerprint density at radius 3 is 2.65 bits per heavy atom. The number of nitrogens with two attached hydrogens (primary N) is 1. The van der Waals surface area contributed by atoms with E-state index in [4.69, 9.17) is 5.73 Å². The first kappa shape index (κ1) is 12.1. The smallest absolute Gasteiger partial charge is 0.169 e. The number of hydrogen-bond donors (Lipinski definition) is 1. The first-order valence-electron chi connectivity index (χ1n) is 6.34. The Kier molecular flexibility index (Phi) is 3.46. The van der Waals surface area contributed by atoms with Crippen molar-refractivity contribution in [3.63, 3.8) is 0 Å². The minimum absolute atomic E-state index is 0.150. The molecule has 0 bridgehead atoms. The zero-order valence-corrected chi connectivity index (χ0v) is 10.6. The molecular formula is C14H20N2O. The van der Waals surface area contributed by atoms with Crippen molar-refractivity contribution in [2.45, 2.75) is 39.5 Å². The highest BCUT2D eigenvalue weighted by Crippen LogP contribution is 2.31. The topological polar surface area (TPSA) is 56.0 Å². The third kappa shape index (κ3) is 2.65. The molecule has 3 heteroatoms. The maximum Gasteiger partial charge on any atom is 0.169 e. The van der Waals surface area contributed by atoms with E-state index in [1.165, 1.54) is 0 Å². The highest BCUT2D eigenvalue weighted by atomic mass is 16.1. The summed E-state index contributed by atoms with van der Waals surface area (Å²) in [5.74, 6) is 1.47. The lowest BCUT2D eigenvalue weighted by molar-refractivity contribution is 0.0876. The van der Waals surface area contributed by atoms with Crippen LogP contribution < -0.4 is 5.73 Å². The van der Waals surface area contributed by atoms with E-state index >= 15 is 0 Å². The van der Waals surface area contributed by atoms with Gasteiger partial charge in [-0.25, -0.2) is 4.98 Å². The number of nitrogen functional groups attached to an aromatic ring is 1. The molecule has 1 saturated carbocycles. The van der Waals surface area contributed by atoms with Gasteiger partial charge in [-0.3, -0.25) is 4.79 Å². The SMILES string of the molecule is Cc1cnc(N)c(C(=O)C2CCC(C)CC2)c1. The minimum atomic E-state index is 0.150. The number of anilines is 1. The van der Waals surface area contributed by atoms with Crippen molar-refractivity contribution in [3.8, 4) is 0 Å². The molecule has 2 N–H and O–H groups in total. The molecule has 1 aromatic heterocycles. The van der Waals surface area contributed by atoms with E-state index in [1.54, 1.807) is 6.20 Å². The Hall–Kier alpha value is -1.38. The Balaban J connectivity index is 2.16. The zero-order chi connectivity index (χ0) is 12.4. The van der Waals surface area contributed by atoms with Crippen molar-refractivity contribution in [2.24, 2.45) is 11.8 Å². The van der Waals surface area contributed by atoms with Crippen LogP contribution in [-0.2, 0) is 0 Å². The van der Waals surface area contributed by atoms with Crippen LogP contribution in [-0.4, -0.2) is 10.8 Å². The normalized spacial score (nSPS) is 24.6. The molecule has 0 atom stereocenters. The molecule has 0 radical (unpaired) electrons. The Morgan fingerprint density at radius 2 is 2.00 bits per heavy atom. The number of aromatic nitrogens is 1. The van der Waals surface area contributed by atoms with Crippen LogP contribution in [0.1, 0.15) is 48.5 Å². The fourth-order valence-corrected chi connectivity index (χ4v) is 2.52. The summed E-state index contributed by atoms with van der Waals surface area (Å²) < 4.78 is 0. The van der Waals surface area contributed by atoms with E-state index in [1.807, 2.05) is 13.0 Å². The monoisotopic (exact) mass is 232 g/mol. The number of Topliss-reactive ketones (excluding diaryl/α,β-unsaturated/α-hetero) is 1. The predicted molar refractivity (Wildman–Crippen MR) is 68.8 cm³/mol. The van der Waals surface area contributed by atoms with Gasteiger partial charge in [0, 0.05) is 12.1 Å². The summed E-state index contributed by atoms with van der Waals surface area (Å²) in [4.78, 5) is 16.4. The van der Waals surface area contributed by atoms with Gasteiger partial charge in [-0.15, -0.1) is 0 Å². The van der Waals surface area contributed by atoms with Gasteiger partial charge in [-0.05, 0) is 37.3 Å². The molecule has 0 saturated heterocycles. The molecule has 0 aliphatic heterocycles. The van der Waals surface area contributed by atoms with E-state index in [0.717, 1.165) is 37.2 Å². The molecule has 1 heterocycles. The lowest BCUT2D eigenvalue weighted by Crippen LogP contribution is -2.22. The Morgan fingerprint density at radius 1 is 1.35 bits per heavy atom. The fourth-order valence-electron chi connectivity index (χ4n) is 2.52. The second-order valence-electron chi connectivity index (χ2n) is 5.27. The van der Waals surface area contributed by atoms with E-state index in [-0.39, 0.29) is 11.7 Å². The number of rotatable bonds is 2. The van der Waals surface area contributed by atoms with E-state index in [0.29, 0.717) is 11.4 Å². The van der Waals surface area contributed by atoms with Crippen molar-refractivity contribution < 1.29 is 4.79 Å². The van der Waals surface area contributed by atoms with Crippen LogP contribution >= 0.6 is 0 Å². The second kappa shape index (κ2) is 4.86. The van der Waals surface area contributed by atoms with E-state index < -0.39 is 0 Å². The molecule has 0 spiro atoms. The number of aryl methyl sites for hydroxylation is 1. The molecule has 0 unspecified atom stereocenters. The quantitative estimate of drug-likeness (QED) is 0.797. The molecule has 1 aromatic rings. The molecular weight excluding hydrogens is 212 g/mol. The lowest BCUT2D eigenvalue weighted by atomic mass is 9.79. The molecule has 0 aromatic carbocycles. The Labute approximate surface area is 102 Å². The summed E-state index contributed by atoms with van der Waals surface area (Å²) in [5, 5.41) is 0. The van der Waals surface area contributed by atoms with E-state index in [2.05, 4.69) is 11.9 Å². The van der Waals surface area contributed by atoms with Crippen molar-refractivity contribution in [2.75, 3.05) is 5.73 Å². The first-order valence-corrected chi connectivity index (χ1v) is 6.34. The summed E-state index contributed by atoms with van der Waals surface area (Å²) in [6.07, 6.45) is 5.99. The summed E-state index contributed by atoms with van der Waals surface area (Å²) in [6, 6.07) is 1.86. The summed E-state index contributed by atoms with van der Waals surface area (Å²) in [5.41, 5.74) is 7.40. The molecule has 1 aliphatic carbocycles. The number of ketones is 1. The van der Waals surface area contributed by atoms with Crippen LogP contribution in [0, 0.1) is 18.8 Å². The maximum atomic E-state index is 12.4. The zero-order valence-electron chi connectivity index (χ0n) is 10.6. The van der Waals surface area contributed by atoms with Crippen LogP contribution in [0.2, 0.25) is 0 Å². The third-order valence-corrected chi connectivity index (χ3v) is 3.71. The number of carbonyl (C=O) groups excluding carboxylic acids is 1. The standard InChI is InChI=1S/C14H20N2O/c1-9-3-5-11(6-4-9)13(17)12-7-10(2)8-16-14(12)15/h7-9,11H,3-6H2,1-2H3,(H2,15,16). The molecule has 0 amide bonds. The summed E-state index contributed by atoms with van der Waals surface area (Å²) >= 11 is 0. The minimum Gasteiger partial charge on any atom is -0.383 e. The first-order chi connectivity index (χ1) is 8.08. The highest BCUT2D eigenvalue weighted by Gasteiger charge is 2.26. The van der Waals surface area contributed by atoms with Crippen LogP contribution in [0.5, 0.6) is 0 Å². The number of carbonyl (C=O) groups is 1. The van der Waals surface area contributed by atoms with Crippen LogP contribution in [0.25, 0.3) is 0 Å². The average molecular weight is 232 g/mol. The second-order valence-corrected chi connectivity index (χ2v) is 5.27. The van der Waals surface area contributed by atoms with Crippen LogP contribution in [0.3, 0.4) is 0 Å². The lowest BCUT2D eigenvalue weighted by Gasteiger charge is -2.25. The maximum absolute atomic E-state index is 12.4.